The number of fused-ring (bicyclic) bond motifs is 3. The van der Waals surface area contributed by atoms with Gasteiger partial charge in [0.2, 0.25) is 0 Å². The van der Waals surface area contributed by atoms with E-state index in [0.29, 0.717) is 12.2 Å². The lowest BCUT2D eigenvalue weighted by Crippen LogP contribution is -2.06. The highest BCUT2D eigenvalue weighted by molar-refractivity contribution is 7.19. The van der Waals surface area contributed by atoms with Crippen LogP contribution in [-0.2, 0) is 17.6 Å². The topological polar surface area (TPSA) is 64.1 Å². The Kier molecular flexibility index (Phi) is 4.84. The maximum absolute atomic E-state index is 12.2. The summed E-state index contributed by atoms with van der Waals surface area (Å²) in [4.78, 5) is 23.5. The second-order valence-corrected chi connectivity index (χ2v) is 7.54. The van der Waals surface area contributed by atoms with Gasteiger partial charge < -0.3 is 10.1 Å². The fourth-order valence-corrected chi connectivity index (χ4v) is 4.51. The van der Waals surface area contributed by atoms with Crippen molar-refractivity contribution in [1.29, 1.82) is 0 Å². The summed E-state index contributed by atoms with van der Waals surface area (Å²) >= 11 is 1.77. The molecule has 1 aromatic carbocycles. The first-order chi connectivity index (χ1) is 12.8. The molecule has 0 amide bonds. The minimum Gasteiger partial charge on any atom is -0.462 e. The molecule has 1 aliphatic carbocycles. The first-order valence-electron chi connectivity index (χ1n) is 9.05. The van der Waals surface area contributed by atoms with Gasteiger partial charge in [0, 0.05) is 10.6 Å². The molecule has 3 aromatic rings. The second-order valence-electron chi connectivity index (χ2n) is 6.46. The number of unbranched alkanes of at least 4 members (excludes halogenated alkanes) is 1. The zero-order valence-corrected chi connectivity index (χ0v) is 15.6. The van der Waals surface area contributed by atoms with E-state index in [4.69, 9.17) is 4.74 Å². The molecule has 1 N–H and O–H groups in total. The molecule has 0 atom stereocenters. The van der Waals surface area contributed by atoms with Crippen LogP contribution in [0.25, 0.3) is 10.2 Å². The van der Waals surface area contributed by atoms with E-state index in [-0.39, 0.29) is 5.97 Å². The fraction of sp³-hybridized carbons (Fsp3) is 0.350. The van der Waals surface area contributed by atoms with Gasteiger partial charge in [-0.2, -0.15) is 0 Å². The third-order valence-corrected chi connectivity index (χ3v) is 5.79. The van der Waals surface area contributed by atoms with Crippen LogP contribution < -0.4 is 5.32 Å². The summed E-state index contributed by atoms with van der Waals surface area (Å²) in [6.07, 6.45) is 6.90. The molecule has 0 saturated heterocycles. The summed E-state index contributed by atoms with van der Waals surface area (Å²) in [6.45, 7) is 2.53. The molecular weight excluding hydrogens is 346 g/mol. The number of carbonyl (C=O) groups excluding carboxylic acids is 1. The van der Waals surface area contributed by atoms with Crippen molar-refractivity contribution in [3.05, 3.63) is 46.6 Å². The van der Waals surface area contributed by atoms with Crippen LogP contribution in [0.15, 0.2) is 30.6 Å². The van der Waals surface area contributed by atoms with Crippen LogP contribution in [0, 0.1) is 0 Å². The zero-order valence-electron chi connectivity index (χ0n) is 14.7. The smallest absolute Gasteiger partial charge is 0.338 e. The molecule has 0 aliphatic heterocycles. The molecule has 0 fully saturated rings. The Bertz CT molecular complexity index is 951. The first kappa shape index (κ1) is 17.0. The van der Waals surface area contributed by atoms with Gasteiger partial charge in [0.1, 0.15) is 17.0 Å². The molecule has 2 aromatic heterocycles. The summed E-state index contributed by atoms with van der Waals surface area (Å²) in [5.74, 6) is 0.525. The zero-order chi connectivity index (χ0) is 17.9. The summed E-state index contributed by atoms with van der Waals surface area (Å²) in [5, 5.41) is 4.50. The molecule has 0 radical (unpaired) electrons. The lowest BCUT2D eigenvalue weighted by atomic mass is 10.1. The number of ether oxygens (including phenoxy) is 1. The molecule has 134 valence electrons. The van der Waals surface area contributed by atoms with Crippen molar-refractivity contribution in [1.82, 2.24) is 9.97 Å². The molecule has 2 heterocycles. The van der Waals surface area contributed by atoms with Gasteiger partial charge in [0.15, 0.2) is 0 Å². The van der Waals surface area contributed by atoms with Crippen molar-refractivity contribution < 1.29 is 9.53 Å². The van der Waals surface area contributed by atoms with E-state index in [1.807, 2.05) is 18.2 Å². The average molecular weight is 367 g/mol. The minimum atomic E-state index is -0.286. The van der Waals surface area contributed by atoms with Gasteiger partial charge in [-0.25, -0.2) is 14.8 Å². The number of aryl methyl sites for hydroxylation is 2. The Hall–Kier alpha value is -2.47. The number of nitrogens with one attached hydrogen (secondary N) is 1. The maximum atomic E-state index is 12.2. The Morgan fingerprint density at radius 1 is 1.31 bits per heavy atom. The predicted molar refractivity (Wildman–Crippen MR) is 104 cm³/mol. The third-order valence-electron chi connectivity index (χ3n) is 4.59. The number of rotatable bonds is 6. The SMILES string of the molecule is CCCCOC(=O)c1cccc(Nc2ncnc3sc4c(c23)CCC4)c1. The quantitative estimate of drug-likeness (QED) is 0.497. The van der Waals surface area contributed by atoms with Crippen molar-refractivity contribution in [2.75, 3.05) is 11.9 Å². The number of hydrogen-bond acceptors (Lipinski definition) is 6. The maximum Gasteiger partial charge on any atom is 0.338 e. The van der Waals surface area contributed by atoms with Crippen molar-refractivity contribution in [2.24, 2.45) is 0 Å². The lowest BCUT2D eigenvalue weighted by molar-refractivity contribution is 0.0500. The highest BCUT2D eigenvalue weighted by Crippen LogP contribution is 2.39. The van der Waals surface area contributed by atoms with E-state index in [0.717, 1.165) is 47.4 Å². The Labute approximate surface area is 156 Å². The average Bonchev–Trinajstić information content (AvgIpc) is 3.23. The van der Waals surface area contributed by atoms with Crippen molar-refractivity contribution in [3.8, 4) is 0 Å². The number of aromatic nitrogens is 2. The number of anilines is 2. The van der Waals surface area contributed by atoms with E-state index in [2.05, 4.69) is 22.2 Å². The molecule has 0 unspecified atom stereocenters. The van der Waals surface area contributed by atoms with Crippen LogP contribution in [0.5, 0.6) is 0 Å². The summed E-state index contributed by atoms with van der Waals surface area (Å²) < 4.78 is 5.30. The van der Waals surface area contributed by atoms with Crippen molar-refractivity contribution in [2.45, 2.75) is 39.0 Å². The number of benzene rings is 1. The van der Waals surface area contributed by atoms with Crippen LogP contribution in [0.1, 0.15) is 47.0 Å². The molecule has 4 rings (SSSR count). The van der Waals surface area contributed by atoms with E-state index >= 15 is 0 Å². The van der Waals surface area contributed by atoms with Gasteiger partial charge in [-0.05, 0) is 49.4 Å². The van der Waals surface area contributed by atoms with Gasteiger partial charge in [0.05, 0.1) is 17.6 Å². The summed E-state index contributed by atoms with van der Waals surface area (Å²) in [6, 6.07) is 7.38. The van der Waals surface area contributed by atoms with Crippen LogP contribution in [0.3, 0.4) is 0 Å². The van der Waals surface area contributed by atoms with Crippen molar-refractivity contribution in [3.63, 3.8) is 0 Å². The summed E-state index contributed by atoms with van der Waals surface area (Å²) in [5.41, 5.74) is 2.75. The Balaban J connectivity index is 1.59. The van der Waals surface area contributed by atoms with Gasteiger partial charge in [0.25, 0.3) is 0 Å². The normalized spacial score (nSPS) is 13.0. The second kappa shape index (κ2) is 7.41. The number of hydrogen-bond donors (Lipinski definition) is 1. The Morgan fingerprint density at radius 2 is 2.23 bits per heavy atom. The van der Waals surface area contributed by atoms with E-state index < -0.39 is 0 Å². The molecule has 1 aliphatic rings. The third kappa shape index (κ3) is 3.29. The molecular formula is C20H21N3O2S. The monoisotopic (exact) mass is 367 g/mol. The van der Waals surface area contributed by atoms with E-state index in [1.165, 1.54) is 16.9 Å². The van der Waals surface area contributed by atoms with Crippen LogP contribution in [0.2, 0.25) is 0 Å². The molecule has 0 saturated carbocycles. The van der Waals surface area contributed by atoms with Crippen LogP contribution in [-0.4, -0.2) is 22.5 Å². The number of carbonyl (C=O) groups is 1. The lowest BCUT2D eigenvalue weighted by Gasteiger charge is -2.09. The summed E-state index contributed by atoms with van der Waals surface area (Å²) in [7, 11) is 0. The standard InChI is InChI=1S/C20H21N3O2S/c1-2-3-10-25-20(24)13-6-4-7-14(11-13)23-18-17-15-8-5-9-16(15)26-19(17)22-12-21-18/h4,6-7,11-12H,2-3,5,8-10H2,1H3,(H,21,22,23). The highest BCUT2D eigenvalue weighted by Gasteiger charge is 2.21. The van der Waals surface area contributed by atoms with Crippen LogP contribution in [0.4, 0.5) is 11.5 Å². The Morgan fingerprint density at radius 3 is 3.12 bits per heavy atom. The minimum absolute atomic E-state index is 0.286. The van der Waals surface area contributed by atoms with Gasteiger partial charge >= 0.3 is 5.97 Å². The predicted octanol–water partition coefficient (Wildman–Crippen LogP) is 4.88. The van der Waals surface area contributed by atoms with E-state index in [9.17, 15) is 4.79 Å². The van der Waals surface area contributed by atoms with Crippen LogP contribution >= 0.6 is 11.3 Å². The van der Waals surface area contributed by atoms with Gasteiger partial charge in [-0.1, -0.05) is 19.4 Å². The molecule has 5 nitrogen and oxygen atoms in total. The van der Waals surface area contributed by atoms with Gasteiger partial charge in [-0.3, -0.25) is 0 Å². The number of esters is 1. The van der Waals surface area contributed by atoms with Gasteiger partial charge in [-0.15, -0.1) is 11.3 Å². The number of thiophene rings is 1. The first-order valence-corrected chi connectivity index (χ1v) is 9.87. The molecule has 0 spiro atoms. The van der Waals surface area contributed by atoms with E-state index in [1.54, 1.807) is 23.7 Å². The molecule has 26 heavy (non-hydrogen) atoms. The van der Waals surface area contributed by atoms with Crippen molar-refractivity contribution >= 4 is 39.0 Å². The number of nitrogens with zero attached hydrogens (tertiary/aromatic N) is 2. The molecule has 0 bridgehead atoms. The highest BCUT2D eigenvalue weighted by atomic mass is 32.1. The molecule has 6 heteroatoms. The fourth-order valence-electron chi connectivity index (χ4n) is 3.28. The largest absolute Gasteiger partial charge is 0.462 e.